The van der Waals surface area contributed by atoms with Gasteiger partial charge in [0, 0.05) is 17.8 Å². The maximum absolute atomic E-state index is 13.7. The Labute approximate surface area is 156 Å². The number of hydrogen-bond donors (Lipinski definition) is 0. The van der Waals surface area contributed by atoms with Crippen molar-refractivity contribution in [1.82, 2.24) is 14.5 Å². The van der Waals surface area contributed by atoms with E-state index in [0.717, 1.165) is 5.56 Å². The second-order valence-electron chi connectivity index (χ2n) is 7.28. The lowest BCUT2D eigenvalue weighted by Crippen LogP contribution is -2.26. The molecule has 2 saturated carbocycles. The van der Waals surface area contributed by atoms with E-state index in [-0.39, 0.29) is 17.2 Å². The zero-order chi connectivity index (χ0) is 18.9. The molecule has 27 heavy (non-hydrogen) atoms. The van der Waals surface area contributed by atoms with Crippen LogP contribution in [0.3, 0.4) is 0 Å². The summed E-state index contributed by atoms with van der Waals surface area (Å²) in [6.07, 6.45) is 2.13. The third-order valence-electron chi connectivity index (χ3n) is 5.72. The molecular formula is C19H14F2N4OS. The van der Waals surface area contributed by atoms with Gasteiger partial charge in [-0.15, -0.1) is 11.3 Å². The largest absolute Gasteiger partial charge is 0.276 e. The molecule has 2 fully saturated rings. The number of nitriles is 1. The fourth-order valence-corrected chi connectivity index (χ4v) is 5.15. The van der Waals surface area contributed by atoms with E-state index in [1.54, 1.807) is 6.07 Å². The lowest BCUT2D eigenvalue weighted by molar-refractivity contribution is 0.0689. The van der Waals surface area contributed by atoms with Crippen molar-refractivity contribution >= 4 is 21.6 Å². The average molecular weight is 384 g/mol. The highest BCUT2D eigenvalue weighted by Gasteiger charge is 2.71. The van der Waals surface area contributed by atoms with E-state index in [9.17, 15) is 13.6 Å². The van der Waals surface area contributed by atoms with Crippen LogP contribution < -0.4 is 5.56 Å². The maximum Gasteiger partial charge on any atom is 0.276 e. The molecule has 0 N–H and O–H groups in total. The number of aromatic nitrogens is 3. The fourth-order valence-electron chi connectivity index (χ4n) is 4.23. The van der Waals surface area contributed by atoms with Gasteiger partial charge in [-0.3, -0.25) is 9.36 Å². The molecule has 5 nitrogen and oxygen atoms in total. The van der Waals surface area contributed by atoms with Crippen LogP contribution in [0.2, 0.25) is 0 Å². The third kappa shape index (κ3) is 2.28. The van der Waals surface area contributed by atoms with Crippen molar-refractivity contribution in [2.45, 2.75) is 31.6 Å². The number of pyridine rings is 1. The Kier molecular flexibility index (Phi) is 3.32. The van der Waals surface area contributed by atoms with Gasteiger partial charge in [0.1, 0.15) is 22.3 Å². The maximum atomic E-state index is 13.7. The van der Waals surface area contributed by atoms with Gasteiger partial charge in [-0.1, -0.05) is 0 Å². The predicted molar refractivity (Wildman–Crippen MR) is 96.4 cm³/mol. The van der Waals surface area contributed by atoms with Gasteiger partial charge in [-0.2, -0.15) is 5.26 Å². The van der Waals surface area contributed by atoms with Gasteiger partial charge in [-0.25, -0.2) is 18.7 Å². The summed E-state index contributed by atoms with van der Waals surface area (Å²) in [5, 5.41) is 10.8. The van der Waals surface area contributed by atoms with E-state index in [2.05, 4.69) is 4.98 Å². The number of nitrogens with zero attached hydrogens (tertiary/aromatic N) is 4. The molecule has 2 aliphatic carbocycles. The van der Waals surface area contributed by atoms with Crippen LogP contribution in [-0.2, 0) is 0 Å². The molecule has 5 rings (SSSR count). The Morgan fingerprint density at radius 1 is 1.33 bits per heavy atom. The summed E-state index contributed by atoms with van der Waals surface area (Å²) < 4.78 is 29.3. The van der Waals surface area contributed by atoms with Gasteiger partial charge in [0.2, 0.25) is 0 Å². The number of alkyl halides is 2. The second kappa shape index (κ2) is 5.42. The highest BCUT2D eigenvalue weighted by Crippen LogP contribution is 2.67. The summed E-state index contributed by atoms with van der Waals surface area (Å²) >= 11 is 1.33. The van der Waals surface area contributed by atoms with Crippen molar-refractivity contribution in [1.29, 1.82) is 5.26 Å². The smallest absolute Gasteiger partial charge is 0.267 e. The molecule has 2 aliphatic rings. The Hall–Kier alpha value is -2.66. The number of rotatable bonds is 2. The zero-order valence-corrected chi connectivity index (χ0v) is 15.1. The quantitative estimate of drug-likeness (QED) is 0.674. The van der Waals surface area contributed by atoms with Crippen LogP contribution in [0.1, 0.15) is 35.8 Å². The van der Waals surface area contributed by atoms with Gasteiger partial charge in [-0.05, 0) is 42.8 Å². The Balaban J connectivity index is 1.69. The molecule has 0 spiro atoms. The summed E-state index contributed by atoms with van der Waals surface area (Å²) in [4.78, 5) is 22.0. The predicted octanol–water partition coefficient (Wildman–Crippen LogP) is 3.78. The first-order valence-electron chi connectivity index (χ1n) is 8.67. The summed E-state index contributed by atoms with van der Waals surface area (Å²) in [5.74, 6) is -3.45. The molecule has 3 heterocycles. The second-order valence-corrected chi connectivity index (χ2v) is 8.16. The third-order valence-corrected chi connectivity index (χ3v) is 6.80. The van der Waals surface area contributed by atoms with E-state index in [1.807, 2.05) is 18.4 Å². The van der Waals surface area contributed by atoms with E-state index in [1.165, 1.54) is 28.2 Å². The normalized spacial score (nSPS) is 25.3. The van der Waals surface area contributed by atoms with E-state index >= 15 is 0 Å². The van der Waals surface area contributed by atoms with Crippen molar-refractivity contribution in [3.63, 3.8) is 0 Å². The van der Waals surface area contributed by atoms with Crippen LogP contribution in [0.15, 0.2) is 28.5 Å². The lowest BCUT2D eigenvalue weighted by atomic mass is 10.0. The Bertz CT molecular complexity index is 1160. The molecule has 3 aromatic rings. The molecule has 0 amide bonds. The summed E-state index contributed by atoms with van der Waals surface area (Å²) in [6, 6.07) is 5.13. The van der Waals surface area contributed by atoms with Gasteiger partial charge < -0.3 is 0 Å². The minimum absolute atomic E-state index is 0.188. The first kappa shape index (κ1) is 16.5. The van der Waals surface area contributed by atoms with Gasteiger partial charge in [0.25, 0.3) is 11.5 Å². The van der Waals surface area contributed by atoms with E-state index in [4.69, 9.17) is 10.2 Å². The SMILES string of the molecule is Cc1csc2c(=O)n(-c3ccc(C#N)nc3)c(C3C[C@@H]4[C@H](C3)C4(F)F)nc12. The molecular weight excluding hydrogens is 370 g/mol. The number of halogens is 2. The molecule has 0 bridgehead atoms. The van der Waals surface area contributed by atoms with E-state index < -0.39 is 17.8 Å². The molecule has 0 saturated heterocycles. The number of fused-ring (bicyclic) bond motifs is 2. The van der Waals surface area contributed by atoms with Crippen LogP contribution in [-0.4, -0.2) is 20.5 Å². The standard InChI is InChI=1S/C19H14F2N4OS/c1-9-8-27-16-15(9)24-17(10-4-13-14(5-10)19(13,20)21)25(18(16)26)12-3-2-11(6-22)23-7-12/h2-3,7-8,10,13-14H,4-5H2,1H3/t10?,13-,14+. The monoisotopic (exact) mass is 384 g/mol. The topological polar surface area (TPSA) is 71.6 Å². The van der Waals surface area contributed by atoms with Crippen LogP contribution in [0, 0.1) is 30.1 Å². The molecule has 0 aromatic carbocycles. The van der Waals surface area contributed by atoms with Crippen molar-refractivity contribution in [2.24, 2.45) is 11.8 Å². The van der Waals surface area contributed by atoms with Gasteiger partial charge in [0.15, 0.2) is 0 Å². The van der Waals surface area contributed by atoms with Crippen molar-refractivity contribution in [3.8, 4) is 11.8 Å². The molecule has 8 heteroatoms. The molecule has 3 atom stereocenters. The molecule has 136 valence electrons. The van der Waals surface area contributed by atoms with Crippen molar-refractivity contribution < 1.29 is 8.78 Å². The Morgan fingerprint density at radius 3 is 2.70 bits per heavy atom. The zero-order valence-electron chi connectivity index (χ0n) is 14.3. The van der Waals surface area contributed by atoms with Crippen LogP contribution in [0.4, 0.5) is 8.78 Å². The number of hydrogen-bond acceptors (Lipinski definition) is 5. The summed E-state index contributed by atoms with van der Waals surface area (Å²) in [6.45, 7) is 1.89. The van der Waals surface area contributed by atoms with Crippen LogP contribution in [0.25, 0.3) is 15.9 Å². The average Bonchev–Trinajstić information content (AvgIpc) is 3.07. The molecule has 1 unspecified atom stereocenters. The molecule has 0 radical (unpaired) electrons. The first-order valence-corrected chi connectivity index (χ1v) is 9.55. The van der Waals surface area contributed by atoms with Gasteiger partial charge in [0.05, 0.1) is 17.4 Å². The van der Waals surface area contributed by atoms with Crippen molar-refractivity contribution in [3.05, 3.63) is 51.1 Å². The van der Waals surface area contributed by atoms with Crippen LogP contribution in [0.5, 0.6) is 0 Å². The highest BCUT2D eigenvalue weighted by molar-refractivity contribution is 7.17. The highest BCUT2D eigenvalue weighted by atomic mass is 32.1. The summed E-state index contributed by atoms with van der Waals surface area (Å²) in [5.41, 5.74) is 2.09. The van der Waals surface area contributed by atoms with Gasteiger partial charge >= 0.3 is 0 Å². The van der Waals surface area contributed by atoms with Crippen molar-refractivity contribution in [2.75, 3.05) is 0 Å². The summed E-state index contributed by atoms with van der Waals surface area (Å²) in [7, 11) is 0. The van der Waals surface area contributed by atoms with Crippen LogP contribution >= 0.6 is 11.3 Å². The molecule has 3 aromatic heterocycles. The minimum Gasteiger partial charge on any atom is -0.267 e. The molecule has 0 aliphatic heterocycles. The first-order chi connectivity index (χ1) is 12.9. The number of aryl methyl sites for hydroxylation is 1. The minimum atomic E-state index is -2.57. The number of thiophene rings is 1. The fraction of sp³-hybridized carbons (Fsp3) is 0.368. The Morgan fingerprint density at radius 2 is 2.07 bits per heavy atom. The lowest BCUT2D eigenvalue weighted by Gasteiger charge is -2.19. The van der Waals surface area contributed by atoms with E-state index in [0.29, 0.717) is 34.6 Å².